The van der Waals surface area contributed by atoms with E-state index in [0.717, 1.165) is 30.2 Å². The van der Waals surface area contributed by atoms with Crippen molar-refractivity contribution in [1.29, 1.82) is 0 Å². The van der Waals surface area contributed by atoms with Gasteiger partial charge in [0, 0.05) is 5.39 Å². The van der Waals surface area contributed by atoms with Gasteiger partial charge >= 0.3 is 5.97 Å². The highest BCUT2D eigenvalue weighted by atomic mass is 16.5. The molecular formula is C24H23NO4. The van der Waals surface area contributed by atoms with E-state index in [2.05, 4.69) is 11.4 Å². The second kappa shape index (κ2) is 7.95. The Bertz CT molecular complexity index is 1080. The van der Waals surface area contributed by atoms with Gasteiger partial charge < -0.3 is 15.2 Å². The number of carbonyl (C=O) groups is 2. The fourth-order valence-corrected chi connectivity index (χ4v) is 3.89. The second-order valence-corrected chi connectivity index (χ2v) is 7.38. The lowest BCUT2D eigenvalue weighted by atomic mass is 9.87. The highest BCUT2D eigenvalue weighted by Crippen LogP contribution is 2.31. The molecule has 3 aromatic rings. The zero-order valence-corrected chi connectivity index (χ0v) is 16.2. The van der Waals surface area contributed by atoms with E-state index in [-0.39, 0.29) is 23.3 Å². The lowest BCUT2D eigenvalue weighted by Gasteiger charge is -2.27. The van der Waals surface area contributed by atoms with Crippen molar-refractivity contribution in [2.75, 3.05) is 0 Å². The molecule has 5 heteroatoms. The number of benzene rings is 3. The third-order valence-electron chi connectivity index (χ3n) is 5.46. The number of fused-ring (bicyclic) bond motifs is 2. The van der Waals surface area contributed by atoms with Crippen molar-refractivity contribution in [2.45, 2.75) is 38.3 Å². The minimum atomic E-state index is -0.970. The lowest BCUT2D eigenvalue weighted by Crippen LogP contribution is -2.39. The number of phenolic OH excluding ortho intramolecular Hbond substituents is 1. The highest BCUT2D eigenvalue weighted by Gasteiger charge is 2.26. The van der Waals surface area contributed by atoms with Crippen LogP contribution in [0.15, 0.2) is 60.7 Å². The van der Waals surface area contributed by atoms with Crippen molar-refractivity contribution >= 4 is 22.6 Å². The van der Waals surface area contributed by atoms with Crippen LogP contribution in [0, 0.1) is 0 Å². The van der Waals surface area contributed by atoms with Crippen LogP contribution in [0.2, 0.25) is 0 Å². The maximum absolute atomic E-state index is 12.6. The quantitative estimate of drug-likeness (QED) is 0.653. The first-order chi connectivity index (χ1) is 14.0. The number of esters is 1. The maximum Gasteiger partial charge on any atom is 0.342 e. The maximum atomic E-state index is 12.6. The summed E-state index contributed by atoms with van der Waals surface area (Å²) in [6.07, 6.45) is 1.90. The van der Waals surface area contributed by atoms with Crippen molar-refractivity contribution < 1.29 is 19.4 Å². The fourth-order valence-electron chi connectivity index (χ4n) is 3.89. The van der Waals surface area contributed by atoms with Crippen LogP contribution in [0.4, 0.5) is 0 Å². The predicted octanol–water partition coefficient (Wildman–Crippen LogP) is 4.28. The molecule has 4 rings (SSSR count). The molecule has 0 aliphatic heterocycles. The Hall–Kier alpha value is -3.34. The average Bonchev–Trinajstić information content (AvgIpc) is 2.74. The number of hydrogen-bond donors (Lipinski definition) is 2. The largest absolute Gasteiger partial charge is 0.506 e. The molecule has 0 unspecified atom stereocenters. The summed E-state index contributed by atoms with van der Waals surface area (Å²) in [7, 11) is 0. The van der Waals surface area contributed by atoms with Gasteiger partial charge in [0.2, 0.25) is 0 Å². The van der Waals surface area contributed by atoms with Gasteiger partial charge in [-0.15, -0.1) is 0 Å². The summed E-state index contributed by atoms with van der Waals surface area (Å²) in [5.41, 5.74) is 2.42. The Morgan fingerprint density at radius 3 is 2.69 bits per heavy atom. The van der Waals surface area contributed by atoms with Crippen LogP contribution in [0.1, 0.15) is 47.3 Å². The average molecular weight is 389 g/mol. The summed E-state index contributed by atoms with van der Waals surface area (Å²) in [6.45, 7) is 1.54. The van der Waals surface area contributed by atoms with Crippen LogP contribution in [-0.4, -0.2) is 23.1 Å². The lowest BCUT2D eigenvalue weighted by molar-refractivity contribution is -0.130. The van der Waals surface area contributed by atoms with Gasteiger partial charge in [0.25, 0.3) is 5.91 Å². The van der Waals surface area contributed by atoms with Crippen molar-refractivity contribution in [2.24, 2.45) is 0 Å². The van der Waals surface area contributed by atoms with Crippen LogP contribution in [0.25, 0.3) is 10.8 Å². The Balaban J connectivity index is 1.46. The van der Waals surface area contributed by atoms with E-state index in [1.54, 1.807) is 25.1 Å². The van der Waals surface area contributed by atoms with E-state index >= 15 is 0 Å². The van der Waals surface area contributed by atoms with Gasteiger partial charge in [-0.1, -0.05) is 54.6 Å². The van der Waals surface area contributed by atoms with Crippen molar-refractivity contribution in [3.05, 3.63) is 77.4 Å². The van der Waals surface area contributed by atoms with Gasteiger partial charge in [-0.05, 0) is 48.8 Å². The normalized spacial score (nSPS) is 16.7. The third-order valence-corrected chi connectivity index (χ3v) is 5.46. The molecule has 5 nitrogen and oxygen atoms in total. The molecule has 1 aliphatic carbocycles. The zero-order chi connectivity index (χ0) is 20.4. The number of amides is 1. The second-order valence-electron chi connectivity index (χ2n) is 7.38. The minimum Gasteiger partial charge on any atom is -0.506 e. The smallest absolute Gasteiger partial charge is 0.342 e. The van der Waals surface area contributed by atoms with E-state index in [9.17, 15) is 14.7 Å². The number of aromatic hydroxyl groups is 1. The molecule has 2 N–H and O–H groups in total. The molecule has 0 bridgehead atoms. The molecule has 2 atom stereocenters. The monoisotopic (exact) mass is 389 g/mol. The summed E-state index contributed by atoms with van der Waals surface area (Å²) in [5.74, 6) is -1.21. The fraction of sp³-hybridized carbons (Fsp3) is 0.250. The number of rotatable bonds is 4. The SMILES string of the molecule is C[C@@H](OC(=O)c1ccc2ccccc2c1O)C(=O)N[C@@H]1CCCc2ccccc21. The van der Waals surface area contributed by atoms with Gasteiger partial charge in [-0.25, -0.2) is 4.79 Å². The number of aryl methyl sites for hydroxylation is 1. The van der Waals surface area contributed by atoms with Crippen LogP contribution < -0.4 is 5.32 Å². The standard InChI is InChI=1S/C24H23NO4/c1-15(23(27)25-21-12-6-9-16-7-2-4-10-18(16)21)29-24(28)20-14-13-17-8-3-5-11-19(17)22(20)26/h2-5,7-8,10-11,13-15,21,26H,6,9,12H2,1H3,(H,25,27)/t15-,21-/m1/s1. The summed E-state index contributed by atoms with van der Waals surface area (Å²) < 4.78 is 5.35. The Labute approximate surface area is 169 Å². The van der Waals surface area contributed by atoms with Gasteiger partial charge in [-0.2, -0.15) is 0 Å². The van der Waals surface area contributed by atoms with Gasteiger partial charge in [0.15, 0.2) is 6.10 Å². The van der Waals surface area contributed by atoms with E-state index < -0.39 is 12.1 Å². The number of ether oxygens (including phenoxy) is 1. The van der Waals surface area contributed by atoms with E-state index in [0.29, 0.717) is 5.39 Å². The van der Waals surface area contributed by atoms with Crippen LogP contribution in [-0.2, 0) is 16.0 Å². The Morgan fingerprint density at radius 1 is 1.07 bits per heavy atom. The number of phenols is 1. The topological polar surface area (TPSA) is 75.6 Å². The van der Waals surface area contributed by atoms with Gasteiger partial charge in [0.05, 0.1) is 6.04 Å². The van der Waals surface area contributed by atoms with Crippen molar-refractivity contribution in [3.63, 3.8) is 0 Å². The molecule has 3 aromatic carbocycles. The van der Waals surface area contributed by atoms with E-state index in [1.807, 2.05) is 30.3 Å². The molecule has 0 saturated heterocycles. The molecule has 1 aliphatic rings. The molecule has 0 fully saturated rings. The van der Waals surface area contributed by atoms with Crippen molar-refractivity contribution in [3.8, 4) is 5.75 Å². The van der Waals surface area contributed by atoms with E-state index in [4.69, 9.17) is 4.74 Å². The summed E-state index contributed by atoms with van der Waals surface area (Å²) in [5, 5.41) is 14.8. The predicted molar refractivity (Wildman–Crippen MR) is 111 cm³/mol. The van der Waals surface area contributed by atoms with Gasteiger partial charge in [-0.3, -0.25) is 4.79 Å². The Morgan fingerprint density at radius 2 is 1.83 bits per heavy atom. The summed E-state index contributed by atoms with van der Waals surface area (Å²) in [6, 6.07) is 18.5. The summed E-state index contributed by atoms with van der Waals surface area (Å²) >= 11 is 0. The minimum absolute atomic E-state index is 0.0476. The molecule has 0 spiro atoms. The van der Waals surface area contributed by atoms with Gasteiger partial charge in [0.1, 0.15) is 11.3 Å². The zero-order valence-electron chi connectivity index (χ0n) is 16.2. The molecular weight excluding hydrogens is 366 g/mol. The molecule has 29 heavy (non-hydrogen) atoms. The first-order valence-corrected chi connectivity index (χ1v) is 9.84. The van der Waals surface area contributed by atoms with Crippen LogP contribution in [0.3, 0.4) is 0 Å². The molecule has 0 radical (unpaired) electrons. The third kappa shape index (κ3) is 3.81. The molecule has 148 valence electrons. The molecule has 0 aromatic heterocycles. The van der Waals surface area contributed by atoms with Crippen LogP contribution in [0.5, 0.6) is 5.75 Å². The highest BCUT2D eigenvalue weighted by molar-refractivity contribution is 6.01. The molecule has 1 amide bonds. The number of nitrogens with one attached hydrogen (secondary N) is 1. The molecule has 0 heterocycles. The summed E-state index contributed by atoms with van der Waals surface area (Å²) in [4.78, 5) is 25.2. The first kappa shape index (κ1) is 19.0. The van der Waals surface area contributed by atoms with E-state index in [1.165, 1.54) is 11.6 Å². The first-order valence-electron chi connectivity index (χ1n) is 9.84. The number of carbonyl (C=O) groups excluding carboxylic acids is 2. The van der Waals surface area contributed by atoms with Crippen LogP contribution >= 0.6 is 0 Å². The molecule has 0 saturated carbocycles. The number of hydrogen-bond acceptors (Lipinski definition) is 4. The Kier molecular flexibility index (Phi) is 5.21. The van der Waals surface area contributed by atoms with Crippen molar-refractivity contribution in [1.82, 2.24) is 5.32 Å².